The number of carbonyl (C=O) groups is 2. The van der Waals surface area contributed by atoms with E-state index in [0.29, 0.717) is 24.0 Å². The lowest BCUT2D eigenvalue weighted by molar-refractivity contribution is 0.0970. The summed E-state index contributed by atoms with van der Waals surface area (Å²) in [6, 6.07) is 1.79. The van der Waals surface area contributed by atoms with Gasteiger partial charge in [0.05, 0.1) is 11.4 Å². The highest BCUT2D eigenvalue weighted by atomic mass is 16.1. The van der Waals surface area contributed by atoms with Gasteiger partial charge in [-0.1, -0.05) is 0 Å². The van der Waals surface area contributed by atoms with Crippen molar-refractivity contribution in [1.29, 1.82) is 0 Å². The molecule has 3 rings (SSSR count). The van der Waals surface area contributed by atoms with Crippen molar-refractivity contribution in [2.45, 2.75) is 38.5 Å². The molecular weight excluding hydrogens is 202 g/mol. The smallest absolute Gasteiger partial charge is 0.164 e. The Morgan fingerprint density at radius 3 is 1.81 bits per heavy atom. The summed E-state index contributed by atoms with van der Waals surface area (Å²) in [5.41, 5.74) is 3.20. The largest absolute Gasteiger partial charge is 0.294 e. The molecule has 2 aliphatic rings. The minimum Gasteiger partial charge on any atom is -0.294 e. The van der Waals surface area contributed by atoms with Crippen LogP contribution in [0.25, 0.3) is 0 Å². The van der Waals surface area contributed by atoms with E-state index in [2.05, 4.69) is 4.98 Å². The molecular formula is C13H13NO2. The first kappa shape index (κ1) is 9.70. The lowest BCUT2D eigenvalue weighted by Crippen LogP contribution is -2.19. The first-order valence-electron chi connectivity index (χ1n) is 5.85. The molecule has 3 heteroatoms. The van der Waals surface area contributed by atoms with Crippen LogP contribution < -0.4 is 0 Å². The van der Waals surface area contributed by atoms with Crippen molar-refractivity contribution in [2.75, 3.05) is 0 Å². The molecule has 16 heavy (non-hydrogen) atoms. The molecule has 0 aliphatic heterocycles. The lowest BCUT2D eigenvalue weighted by atomic mass is 9.88. The molecule has 0 N–H and O–H groups in total. The minimum atomic E-state index is 0.148. The van der Waals surface area contributed by atoms with Gasteiger partial charge >= 0.3 is 0 Å². The van der Waals surface area contributed by atoms with Crippen molar-refractivity contribution in [3.05, 3.63) is 28.6 Å². The van der Waals surface area contributed by atoms with Gasteiger partial charge in [0, 0.05) is 24.0 Å². The summed E-state index contributed by atoms with van der Waals surface area (Å²) in [4.78, 5) is 28.0. The monoisotopic (exact) mass is 215 g/mol. The molecule has 0 atom stereocenters. The topological polar surface area (TPSA) is 47.0 Å². The number of carbonyl (C=O) groups excluding carboxylic acids is 2. The van der Waals surface area contributed by atoms with E-state index in [1.807, 2.05) is 0 Å². The van der Waals surface area contributed by atoms with Crippen LogP contribution in [0.2, 0.25) is 0 Å². The van der Waals surface area contributed by atoms with E-state index in [1.54, 1.807) is 6.07 Å². The fourth-order valence-electron chi connectivity index (χ4n) is 2.56. The Morgan fingerprint density at radius 2 is 1.31 bits per heavy atom. The number of rotatable bonds is 0. The van der Waals surface area contributed by atoms with Crippen molar-refractivity contribution < 1.29 is 9.59 Å². The molecule has 0 unspecified atom stereocenters. The average Bonchev–Trinajstić information content (AvgIpc) is 2.28. The van der Waals surface area contributed by atoms with Gasteiger partial charge in [-0.05, 0) is 31.7 Å². The quantitative estimate of drug-likeness (QED) is 0.666. The molecule has 0 spiro atoms. The molecule has 1 aromatic heterocycles. The van der Waals surface area contributed by atoms with Crippen LogP contribution in [0.3, 0.4) is 0 Å². The highest BCUT2D eigenvalue weighted by Gasteiger charge is 2.25. The summed E-state index contributed by atoms with van der Waals surface area (Å²) in [7, 11) is 0. The number of hydrogen-bond donors (Lipinski definition) is 0. The van der Waals surface area contributed by atoms with Crippen molar-refractivity contribution in [3.8, 4) is 0 Å². The van der Waals surface area contributed by atoms with Crippen molar-refractivity contribution >= 4 is 11.6 Å². The van der Waals surface area contributed by atoms with E-state index in [0.717, 1.165) is 37.1 Å². The molecule has 0 saturated heterocycles. The molecule has 1 heterocycles. The van der Waals surface area contributed by atoms with Crippen LogP contribution in [0.1, 0.15) is 57.8 Å². The van der Waals surface area contributed by atoms with Crippen LogP contribution in [0.15, 0.2) is 6.07 Å². The number of pyridine rings is 1. The first-order valence-corrected chi connectivity index (χ1v) is 5.85. The molecule has 0 amide bonds. The van der Waals surface area contributed by atoms with E-state index >= 15 is 0 Å². The Hall–Kier alpha value is -1.51. The van der Waals surface area contributed by atoms with E-state index in [-0.39, 0.29) is 11.6 Å². The fourth-order valence-corrected chi connectivity index (χ4v) is 2.56. The zero-order chi connectivity index (χ0) is 11.1. The number of hydrogen-bond acceptors (Lipinski definition) is 3. The second-order valence-corrected chi connectivity index (χ2v) is 4.53. The minimum absolute atomic E-state index is 0.148. The molecule has 0 fully saturated rings. The summed E-state index contributed by atoms with van der Waals surface area (Å²) in [5, 5.41) is 0. The van der Waals surface area contributed by atoms with Crippen LogP contribution in [0, 0.1) is 0 Å². The molecule has 0 aromatic carbocycles. The van der Waals surface area contributed by atoms with Crippen LogP contribution in [-0.2, 0) is 12.8 Å². The Labute approximate surface area is 93.9 Å². The lowest BCUT2D eigenvalue weighted by Gasteiger charge is -2.19. The molecule has 0 saturated carbocycles. The van der Waals surface area contributed by atoms with Gasteiger partial charge in [-0.25, -0.2) is 0 Å². The molecule has 0 bridgehead atoms. The summed E-state index contributed by atoms with van der Waals surface area (Å²) in [6.45, 7) is 0. The van der Waals surface area contributed by atoms with Gasteiger partial charge in [0.1, 0.15) is 0 Å². The van der Waals surface area contributed by atoms with Gasteiger partial charge in [-0.2, -0.15) is 0 Å². The van der Waals surface area contributed by atoms with Gasteiger partial charge in [-0.15, -0.1) is 0 Å². The van der Waals surface area contributed by atoms with Gasteiger partial charge < -0.3 is 0 Å². The summed E-state index contributed by atoms with van der Waals surface area (Å²) in [6.07, 6.45) is 4.74. The maximum absolute atomic E-state index is 11.7. The number of aromatic nitrogens is 1. The Bertz CT molecular complexity index is 450. The van der Waals surface area contributed by atoms with Crippen LogP contribution in [0.4, 0.5) is 0 Å². The van der Waals surface area contributed by atoms with Crippen molar-refractivity contribution in [3.63, 3.8) is 0 Å². The van der Waals surface area contributed by atoms with E-state index in [9.17, 15) is 9.59 Å². The zero-order valence-electron chi connectivity index (χ0n) is 9.08. The Balaban J connectivity index is 2.18. The maximum Gasteiger partial charge on any atom is 0.164 e. The predicted molar refractivity (Wildman–Crippen MR) is 58.8 cm³/mol. The van der Waals surface area contributed by atoms with Crippen molar-refractivity contribution in [2.24, 2.45) is 0 Å². The second-order valence-electron chi connectivity index (χ2n) is 4.53. The van der Waals surface area contributed by atoms with Crippen LogP contribution in [-0.4, -0.2) is 16.6 Å². The van der Waals surface area contributed by atoms with Crippen LogP contribution in [0.5, 0.6) is 0 Å². The Morgan fingerprint density at radius 1 is 0.812 bits per heavy atom. The van der Waals surface area contributed by atoms with E-state index in [1.165, 1.54) is 0 Å². The Kier molecular flexibility index (Phi) is 2.13. The number of ketones is 2. The van der Waals surface area contributed by atoms with Gasteiger partial charge in [0.2, 0.25) is 0 Å². The number of nitrogens with zero attached hydrogens (tertiary/aromatic N) is 1. The van der Waals surface area contributed by atoms with Gasteiger partial charge in [0.25, 0.3) is 0 Å². The predicted octanol–water partition coefficient (Wildman–Crippen LogP) is 2.12. The van der Waals surface area contributed by atoms with E-state index in [4.69, 9.17) is 0 Å². The molecule has 1 aromatic rings. The van der Waals surface area contributed by atoms with Gasteiger partial charge in [-0.3, -0.25) is 14.6 Å². The van der Waals surface area contributed by atoms with Crippen molar-refractivity contribution in [1.82, 2.24) is 4.98 Å². The SMILES string of the molecule is O=C1CCCc2nc3c(cc21)C(=O)CCC3. The van der Waals surface area contributed by atoms with Crippen LogP contribution >= 0.6 is 0 Å². The normalized spacial score (nSPS) is 19.2. The molecule has 3 nitrogen and oxygen atoms in total. The molecule has 2 aliphatic carbocycles. The third-order valence-electron chi connectivity index (χ3n) is 3.42. The summed E-state index contributed by atoms with van der Waals surface area (Å²) >= 11 is 0. The first-order chi connectivity index (χ1) is 7.75. The van der Waals surface area contributed by atoms with Gasteiger partial charge in [0.15, 0.2) is 11.6 Å². The maximum atomic E-state index is 11.7. The molecule has 82 valence electrons. The average molecular weight is 215 g/mol. The summed E-state index contributed by atoms with van der Waals surface area (Å²) in [5.74, 6) is 0.296. The third kappa shape index (κ3) is 1.39. The number of Topliss-reactive ketones (excluding diaryl/α,β-unsaturated/α-hetero) is 2. The van der Waals surface area contributed by atoms with E-state index < -0.39 is 0 Å². The highest BCUT2D eigenvalue weighted by Crippen LogP contribution is 2.26. The fraction of sp³-hybridized carbons (Fsp3) is 0.462. The number of fused-ring (bicyclic) bond motifs is 2. The number of aryl methyl sites for hydroxylation is 2. The second kappa shape index (κ2) is 3.51. The molecule has 0 radical (unpaired) electrons. The highest BCUT2D eigenvalue weighted by molar-refractivity contribution is 6.03. The zero-order valence-corrected chi connectivity index (χ0v) is 9.08. The summed E-state index contributed by atoms with van der Waals surface area (Å²) < 4.78 is 0. The standard InChI is InChI=1S/C13H13NO2/c15-12-5-1-3-10-8(12)7-9-11(14-10)4-2-6-13(9)16/h7H,1-6H2. The third-order valence-corrected chi connectivity index (χ3v) is 3.42.